The largest absolute Gasteiger partial charge is 0.319 e. The lowest BCUT2D eigenvalue weighted by atomic mass is 9.86. The fourth-order valence-corrected chi connectivity index (χ4v) is 5.27. The number of aromatic amines is 1. The zero-order chi connectivity index (χ0) is 28.4. The van der Waals surface area contributed by atoms with Crippen LogP contribution in [0.1, 0.15) is 90.4 Å². The van der Waals surface area contributed by atoms with Crippen molar-refractivity contribution >= 4 is 17.3 Å². The van der Waals surface area contributed by atoms with Gasteiger partial charge in [-0.25, -0.2) is 9.97 Å². The van der Waals surface area contributed by atoms with E-state index in [0.717, 1.165) is 70.8 Å². The van der Waals surface area contributed by atoms with Crippen LogP contribution < -0.4 is 0 Å². The van der Waals surface area contributed by atoms with Gasteiger partial charge in [0.2, 0.25) is 0 Å². The lowest BCUT2D eigenvalue weighted by molar-refractivity contribution is -0.125. The number of carbonyl (C=O) groups excluding carboxylic acids is 3. The van der Waals surface area contributed by atoms with Crippen LogP contribution in [-0.2, 0) is 27.5 Å². The highest BCUT2D eigenvalue weighted by molar-refractivity contribution is 5.82. The van der Waals surface area contributed by atoms with E-state index in [1.807, 2.05) is 4.57 Å². The summed E-state index contributed by atoms with van der Waals surface area (Å²) >= 11 is 0. The van der Waals surface area contributed by atoms with Crippen molar-refractivity contribution in [1.29, 1.82) is 0 Å². The van der Waals surface area contributed by atoms with Gasteiger partial charge in [0.15, 0.2) is 0 Å². The molecule has 6 rings (SSSR count). The second-order valence-corrected chi connectivity index (χ2v) is 10.6. The van der Waals surface area contributed by atoms with Crippen LogP contribution in [0.3, 0.4) is 0 Å². The molecule has 3 aliphatic carbocycles. The number of aromatic nitrogens is 9. The maximum Gasteiger partial charge on any atom is 0.137 e. The van der Waals surface area contributed by atoms with E-state index in [1.165, 1.54) is 38.2 Å². The van der Waals surface area contributed by atoms with Crippen LogP contribution in [-0.4, -0.2) is 62.1 Å². The molecule has 3 heterocycles. The molecular formula is C28H43N9O3. The van der Waals surface area contributed by atoms with Gasteiger partial charge in [-0.15, -0.1) is 10.2 Å². The lowest BCUT2D eigenvalue weighted by Gasteiger charge is -2.20. The predicted octanol–water partition coefficient (Wildman–Crippen LogP) is 4.04. The van der Waals surface area contributed by atoms with Crippen LogP contribution in [0.4, 0.5) is 0 Å². The number of ketones is 3. The quantitative estimate of drug-likeness (QED) is 0.493. The molecule has 0 aliphatic heterocycles. The van der Waals surface area contributed by atoms with E-state index in [1.54, 1.807) is 23.7 Å². The molecule has 3 unspecified atom stereocenters. The first-order valence-electron chi connectivity index (χ1n) is 14.6. The second kappa shape index (κ2) is 17.9. The number of hydrogen-bond donors (Lipinski definition) is 1. The summed E-state index contributed by atoms with van der Waals surface area (Å²) in [6, 6.07) is 0. The van der Waals surface area contributed by atoms with E-state index in [9.17, 15) is 14.4 Å². The molecule has 0 aromatic carbocycles. The fourth-order valence-electron chi connectivity index (χ4n) is 5.27. The first-order valence-corrected chi connectivity index (χ1v) is 14.6. The van der Waals surface area contributed by atoms with E-state index in [2.05, 4.69) is 42.4 Å². The summed E-state index contributed by atoms with van der Waals surface area (Å²) < 4.78 is 3.63. The SMILES string of the molecule is CCC1CCCCC1=O.O=C1CCCCC1Cn1cncn1.O=C1CCCCC1Cn1cnnc1.c1nc[nH]n1. The van der Waals surface area contributed by atoms with E-state index in [-0.39, 0.29) is 11.8 Å². The van der Waals surface area contributed by atoms with Crippen LogP contribution in [0.15, 0.2) is 38.0 Å². The van der Waals surface area contributed by atoms with Crippen molar-refractivity contribution in [2.45, 2.75) is 103 Å². The van der Waals surface area contributed by atoms with Gasteiger partial charge in [0.25, 0.3) is 0 Å². The Morgan fingerprint density at radius 3 is 1.70 bits per heavy atom. The minimum absolute atomic E-state index is 0.176. The standard InChI is InChI=1S/2C9H13N3O.C8H14O.C2H3N3/c13-9-4-2-1-3-8(9)5-12-6-10-11-7-12;13-9-4-2-1-3-8(9)5-12-7-10-6-11-12;1-2-7-5-3-4-6-8(7)9;1-3-2-5-4-1/h2*6-8H,1-5H2;7H,2-6H2,1H3;1-2H,(H,3,4,5). The van der Waals surface area contributed by atoms with Crippen molar-refractivity contribution in [3.8, 4) is 0 Å². The number of nitrogens with zero attached hydrogens (tertiary/aromatic N) is 8. The van der Waals surface area contributed by atoms with Crippen LogP contribution >= 0.6 is 0 Å². The number of nitrogens with one attached hydrogen (secondary N) is 1. The molecule has 1 N–H and O–H groups in total. The molecule has 0 bridgehead atoms. The molecule has 3 fully saturated rings. The summed E-state index contributed by atoms with van der Waals surface area (Å²) in [6.07, 6.45) is 22.9. The van der Waals surface area contributed by atoms with Crippen molar-refractivity contribution in [3.05, 3.63) is 38.0 Å². The van der Waals surface area contributed by atoms with Gasteiger partial charge in [-0.2, -0.15) is 10.2 Å². The molecule has 40 heavy (non-hydrogen) atoms. The molecule has 0 saturated heterocycles. The van der Waals surface area contributed by atoms with Crippen LogP contribution in [0.2, 0.25) is 0 Å². The fraction of sp³-hybridized carbons (Fsp3) is 0.679. The summed E-state index contributed by atoms with van der Waals surface area (Å²) in [4.78, 5) is 41.4. The van der Waals surface area contributed by atoms with Crippen LogP contribution in [0.25, 0.3) is 0 Å². The molecule has 0 amide bonds. The van der Waals surface area contributed by atoms with Gasteiger partial charge in [-0.1, -0.05) is 26.2 Å². The molecule has 12 nitrogen and oxygen atoms in total. The van der Waals surface area contributed by atoms with Crippen LogP contribution in [0.5, 0.6) is 0 Å². The maximum atomic E-state index is 11.5. The zero-order valence-corrected chi connectivity index (χ0v) is 23.6. The zero-order valence-electron chi connectivity index (χ0n) is 23.6. The van der Waals surface area contributed by atoms with Gasteiger partial charge in [0.1, 0.15) is 55.3 Å². The second-order valence-electron chi connectivity index (χ2n) is 10.6. The van der Waals surface area contributed by atoms with Gasteiger partial charge >= 0.3 is 0 Å². The Bertz CT molecular complexity index is 1010. The number of Topliss-reactive ketones (excluding diaryl/α,β-unsaturated/α-hetero) is 3. The lowest BCUT2D eigenvalue weighted by Crippen LogP contribution is -2.24. The molecule has 3 atom stereocenters. The highest BCUT2D eigenvalue weighted by Gasteiger charge is 2.23. The Kier molecular flexibility index (Phi) is 13.9. The maximum absolute atomic E-state index is 11.5. The summed E-state index contributed by atoms with van der Waals surface area (Å²) in [7, 11) is 0. The van der Waals surface area contributed by atoms with Crippen molar-refractivity contribution in [2.24, 2.45) is 17.8 Å². The van der Waals surface area contributed by atoms with Gasteiger partial charge in [0, 0.05) is 43.6 Å². The van der Waals surface area contributed by atoms with Crippen molar-refractivity contribution in [1.82, 2.24) is 44.7 Å². The first-order chi connectivity index (χ1) is 19.6. The molecule has 218 valence electrons. The molecular weight excluding hydrogens is 510 g/mol. The minimum atomic E-state index is 0.176. The van der Waals surface area contributed by atoms with Crippen molar-refractivity contribution in [3.63, 3.8) is 0 Å². The monoisotopic (exact) mass is 553 g/mol. The number of carbonyl (C=O) groups is 3. The molecule has 3 aromatic heterocycles. The average Bonchev–Trinajstić information content (AvgIpc) is 3.79. The van der Waals surface area contributed by atoms with E-state index < -0.39 is 0 Å². The molecule has 3 saturated carbocycles. The third-order valence-electron chi connectivity index (χ3n) is 7.64. The van der Waals surface area contributed by atoms with Gasteiger partial charge in [-0.05, 0) is 44.9 Å². The Morgan fingerprint density at radius 2 is 1.30 bits per heavy atom. The predicted molar refractivity (Wildman–Crippen MR) is 148 cm³/mol. The van der Waals surface area contributed by atoms with Crippen molar-refractivity contribution in [2.75, 3.05) is 0 Å². The number of hydrogen-bond acceptors (Lipinski definition) is 9. The Hall–Kier alpha value is -3.57. The highest BCUT2D eigenvalue weighted by atomic mass is 16.1. The molecule has 3 aromatic rings. The molecule has 0 spiro atoms. The third-order valence-corrected chi connectivity index (χ3v) is 7.64. The summed E-state index contributed by atoms with van der Waals surface area (Å²) in [6.45, 7) is 3.57. The summed E-state index contributed by atoms with van der Waals surface area (Å²) in [5.41, 5.74) is 0. The minimum Gasteiger partial charge on any atom is -0.319 e. The normalized spacial score (nSPS) is 22.6. The van der Waals surface area contributed by atoms with Gasteiger partial charge in [-0.3, -0.25) is 24.2 Å². The summed E-state index contributed by atoms with van der Waals surface area (Å²) in [5, 5.41) is 17.4. The topological polar surface area (TPSA) is 154 Å². The Labute approximate surface area is 235 Å². The van der Waals surface area contributed by atoms with E-state index in [4.69, 9.17) is 0 Å². The smallest absolute Gasteiger partial charge is 0.137 e. The number of rotatable bonds is 5. The Balaban J connectivity index is 0.000000154. The Morgan fingerprint density at radius 1 is 0.725 bits per heavy atom. The number of H-pyrrole nitrogens is 1. The molecule has 3 aliphatic rings. The highest BCUT2D eigenvalue weighted by Crippen LogP contribution is 2.23. The van der Waals surface area contributed by atoms with Crippen LogP contribution in [0, 0.1) is 17.8 Å². The first kappa shape index (κ1) is 31.0. The van der Waals surface area contributed by atoms with E-state index in [0.29, 0.717) is 29.8 Å². The van der Waals surface area contributed by atoms with Gasteiger partial charge in [0.05, 0.1) is 6.54 Å². The van der Waals surface area contributed by atoms with Gasteiger partial charge < -0.3 is 4.57 Å². The van der Waals surface area contributed by atoms with Crippen molar-refractivity contribution < 1.29 is 14.4 Å². The van der Waals surface area contributed by atoms with E-state index >= 15 is 0 Å². The third kappa shape index (κ3) is 11.3. The summed E-state index contributed by atoms with van der Waals surface area (Å²) in [5.74, 6) is 2.09. The molecule has 0 radical (unpaired) electrons. The average molecular weight is 554 g/mol. The molecule has 12 heteroatoms.